The van der Waals surface area contributed by atoms with E-state index < -0.39 is 0 Å². The summed E-state index contributed by atoms with van der Waals surface area (Å²) in [6, 6.07) is 10.0. The summed E-state index contributed by atoms with van der Waals surface area (Å²) in [5.41, 5.74) is 3.68. The zero-order chi connectivity index (χ0) is 15.9. The van der Waals surface area contributed by atoms with Crippen LogP contribution in [0.15, 0.2) is 24.3 Å². The quantitative estimate of drug-likeness (QED) is 0.740. The highest BCUT2D eigenvalue weighted by Gasteiger charge is 2.47. The van der Waals surface area contributed by atoms with Gasteiger partial charge in [-0.1, -0.05) is 63.8 Å². The largest absolute Gasteiger partial charge is 0.300 e. The molecule has 0 unspecified atom stereocenters. The standard InChI is InChI=1S/C22H33N/c1-17-21-16-19-11-5-6-12-20(19)22(17,2)13-15-23(21)14-7-10-18-8-3-4-9-18/h5-6,11-12,17-18,21H,3-4,7-10,13-16H2,1-2H3/t17-,21-,22-/m1/s1. The van der Waals surface area contributed by atoms with Crippen molar-refractivity contribution < 1.29 is 0 Å². The number of hydrogen-bond donors (Lipinski definition) is 0. The Morgan fingerprint density at radius 2 is 1.96 bits per heavy atom. The lowest BCUT2D eigenvalue weighted by atomic mass is 9.59. The molecule has 23 heavy (non-hydrogen) atoms. The number of piperidine rings is 1. The van der Waals surface area contributed by atoms with Crippen molar-refractivity contribution in [1.82, 2.24) is 4.90 Å². The molecule has 1 saturated carbocycles. The highest BCUT2D eigenvalue weighted by molar-refractivity contribution is 5.39. The van der Waals surface area contributed by atoms with Gasteiger partial charge >= 0.3 is 0 Å². The van der Waals surface area contributed by atoms with E-state index in [1.807, 2.05) is 0 Å². The van der Waals surface area contributed by atoms with Crippen LogP contribution in [0, 0.1) is 11.8 Å². The fourth-order valence-corrected chi connectivity index (χ4v) is 5.84. The maximum Gasteiger partial charge on any atom is 0.0170 e. The molecule has 1 heterocycles. The normalized spacial score (nSPS) is 34.5. The second-order valence-electron chi connectivity index (χ2n) is 8.71. The van der Waals surface area contributed by atoms with Crippen molar-refractivity contribution in [2.24, 2.45) is 11.8 Å². The SMILES string of the molecule is C[C@@H]1[C@H]2Cc3ccccc3[C@]1(C)CCN2CCCC1CCCC1. The van der Waals surface area contributed by atoms with E-state index in [1.165, 1.54) is 64.5 Å². The third-order valence-corrected chi connectivity index (χ3v) is 7.56. The van der Waals surface area contributed by atoms with Crippen molar-refractivity contribution in [3.05, 3.63) is 35.4 Å². The summed E-state index contributed by atoms with van der Waals surface area (Å²) in [6.45, 7) is 7.69. The van der Waals surface area contributed by atoms with E-state index in [2.05, 4.69) is 43.0 Å². The molecule has 3 aliphatic rings. The minimum absolute atomic E-state index is 0.404. The van der Waals surface area contributed by atoms with Crippen molar-refractivity contribution in [1.29, 1.82) is 0 Å². The molecule has 0 amide bonds. The summed E-state index contributed by atoms with van der Waals surface area (Å²) in [5, 5.41) is 0. The van der Waals surface area contributed by atoms with Gasteiger partial charge in [0.15, 0.2) is 0 Å². The summed E-state index contributed by atoms with van der Waals surface area (Å²) in [5.74, 6) is 1.84. The smallest absolute Gasteiger partial charge is 0.0170 e. The molecule has 0 radical (unpaired) electrons. The van der Waals surface area contributed by atoms with Gasteiger partial charge in [0.05, 0.1) is 0 Å². The first kappa shape index (κ1) is 15.7. The zero-order valence-electron chi connectivity index (χ0n) is 15.1. The van der Waals surface area contributed by atoms with E-state index in [1.54, 1.807) is 11.1 Å². The summed E-state index contributed by atoms with van der Waals surface area (Å²) in [4.78, 5) is 2.84. The van der Waals surface area contributed by atoms with Crippen molar-refractivity contribution in [3.63, 3.8) is 0 Å². The Morgan fingerprint density at radius 3 is 2.78 bits per heavy atom. The van der Waals surface area contributed by atoms with Crippen molar-refractivity contribution >= 4 is 0 Å². The lowest BCUT2D eigenvalue weighted by Gasteiger charge is -2.54. The lowest BCUT2D eigenvalue weighted by molar-refractivity contribution is 0.0298. The maximum atomic E-state index is 2.84. The Kier molecular flexibility index (Phi) is 4.26. The number of benzene rings is 1. The Bertz CT molecular complexity index is 545. The van der Waals surface area contributed by atoms with Gasteiger partial charge in [0.1, 0.15) is 0 Å². The fraction of sp³-hybridized carbons (Fsp3) is 0.727. The van der Waals surface area contributed by atoms with Crippen LogP contribution in [0.4, 0.5) is 0 Å². The van der Waals surface area contributed by atoms with Crippen molar-refractivity contribution in [2.45, 2.75) is 76.7 Å². The average Bonchev–Trinajstić information content (AvgIpc) is 3.06. The molecule has 1 aromatic rings. The molecule has 1 saturated heterocycles. The first-order valence-electron chi connectivity index (χ1n) is 10.0. The van der Waals surface area contributed by atoms with Crippen LogP contribution in [0.3, 0.4) is 0 Å². The van der Waals surface area contributed by atoms with Gasteiger partial charge < -0.3 is 0 Å². The van der Waals surface area contributed by atoms with Crippen molar-refractivity contribution in [3.8, 4) is 0 Å². The Morgan fingerprint density at radius 1 is 1.17 bits per heavy atom. The van der Waals surface area contributed by atoms with Crippen LogP contribution in [0.1, 0.15) is 69.9 Å². The minimum atomic E-state index is 0.404. The molecule has 1 nitrogen and oxygen atoms in total. The summed E-state index contributed by atoms with van der Waals surface area (Å²) < 4.78 is 0. The molecule has 126 valence electrons. The molecular formula is C22H33N. The zero-order valence-corrected chi connectivity index (χ0v) is 15.1. The first-order chi connectivity index (χ1) is 11.2. The summed E-state index contributed by atoms with van der Waals surface area (Å²) >= 11 is 0. The van der Waals surface area contributed by atoms with Gasteiger partial charge in [-0.25, -0.2) is 0 Å². The van der Waals surface area contributed by atoms with Gasteiger partial charge in [-0.2, -0.15) is 0 Å². The van der Waals surface area contributed by atoms with Gasteiger partial charge in [-0.05, 0) is 67.2 Å². The molecule has 1 heteroatoms. The van der Waals surface area contributed by atoms with E-state index >= 15 is 0 Å². The predicted octanol–water partition coefficient (Wildman–Crippen LogP) is 5.18. The second kappa shape index (κ2) is 6.24. The van der Waals surface area contributed by atoms with E-state index in [-0.39, 0.29) is 0 Å². The second-order valence-corrected chi connectivity index (χ2v) is 8.71. The van der Waals surface area contributed by atoms with E-state index in [0.717, 1.165) is 17.9 Å². The molecule has 0 spiro atoms. The van der Waals surface area contributed by atoms with E-state index in [4.69, 9.17) is 0 Å². The van der Waals surface area contributed by atoms with Crippen LogP contribution in [0.2, 0.25) is 0 Å². The molecule has 0 aromatic heterocycles. The van der Waals surface area contributed by atoms with E-state index in [0.29, 0.717) is 5.41 Å². The summed E-state index contributed by atoms with van der Waals surface area (Å²) in [7, 11) is 0. The highest BCUT2D eigenvalue weighted by atomic mass is 15.2. The topological polar surface area (TPSA) is 3.24 Å². The number of fused-ring (bicyclic) bond motifs is 4. The molecule has 2 fully saturated rings. The molecule has 0 N–H and O–H groups in total. The number of nitrogens with zero attached hydrogens (tertiary/aromatic N) is 1. The number of rotatable bonds is 4. The molecule has 2 aliphatic carbocycles. The monoisotopic (exact) mass is 311 g/mol. The maximum absolute atomic E-state index is 2.84. The molecule has 1 aromatic carbocycles. The minimum Gasteiger partial charge on any atom is -0.300 e. The Labute approximate surface area is 142 Å². The van der Waals surface area contributed by atoms with Crippen LogP contribution >= 0.6 is 0 Å². The van der Waals surface area contributed by atoms with Crippen LogP contribution in [0.5, 0.6) is 0 Å². The van der Waals surface area contributed by atoms with Gasteiger partial charge in [0.2, 0.25) is 0 Å². The third-order valence-electron chi connectivity index (χ3n) is 7.56. The molecule has 4 rings (SSSR count). The number of likely N-dealkylation sites (tertiary alicyclic amines) is 1. The van der Waals surface area contributed by atoms with E-state index in [9.17, 15) is 0 Å². The fourth-order valence-electron chi connectivity index (χ4n) is 5.84. The molecule has 3 atom stereocenters. The average molecular weight is 312 g/mol. The van der Waals surface area contributed by atoms with Crippen LogP contribution in [-0.4, -0.2) is 24.0 Å². The molecular weight excluding hydrogens is 278 g/mol. The predicted molar refractivity (Wildman–Crippen MR) is 97.8 cm³/mol. The first-order valence-corrected chi connectivity index (χ1v) is 10.0. The highest BCUT2D eigenvalue weighted by Crippen LogP contribution is 2.48. The van der Waals surface area contributed by atoms with Crippen molar-refractivity contribution in [2.75, 3.05) is 13.1 Å². The van der Waals surface area contributed by atoms with Crippen LogP contribution in [0.25, 0.3) is 0 Å². The van der Waals surface area contributed by atoms with Crippen LogP contribution in [-0.2, 0) is 11.8 Å². The molecule has 1 aliphatic heterocycles. The Balaban J connectivity index is 1.44. The van der Waals surface area contributed by atoms with Gasteiger partial charge in [-0.3, -0.25) is 4.90 Å². The lowest BCUT2D eigenvalue weighted by Crippen LogP contribution is -2.58. The summed E-state index contributed by atoms with van der Waals surface area (Å²) in [6.07, 6.45) is 11.5. The van der Waals surface area contributed by atoms with Gasteiger partial charge in [0, 0.05) is 6.04 Å². The van der Waals surface area contributed by atoms with Crippen LogP contribution < -0.4 is 0 Å². The molecule has 2 bridgehead atoms. The Hall–Kier alpha value is -0.820. The third kappa shape index (κ3) is 2.76. The van der Waals surface area contributed by atoms with Gasteiger partial charge in [-0.15, -0.1) is 0 Å². The number of hydrogen-bond acceptors (Lipinski definition) is 1. The van der Waals surface area contributed by atoms with Gasteiger partial charge in [0.25, 0.3) is 0 Å².